The van der Waals surface area contributed by atoms with E-state index in [1.165, 1.54) is 7.11 Å². The van der Waals surface area contributed by atoms with E-state index < -0.39 is 11.7 Å². The maximum atomic E-state index is 13.1. The molecule has 3 heterocycles. The maximum Gasteiger partial charge on any atom is 0.416 e. The van der Waals surface area contributed by atoms with Crippen molar-refractivity contribution in [2.24, 2.45) is 0 Å². The van der Waals surface area contributed by atoms with Gasteiger partial charge in [0.15, 0.2) is 0 Å². The number of esters is 1. The number of hydrogen-bond donors (Lipinski definition) is 1. The zero-order valence-electron chi connectivity index (χ0n) is 20.0. The van der Waals surface area contributed by atoms with E-state index in [1.807, 2.05) is 37.3 Å². The molecule has 11 heteroatoms. The SMILES string of the molecule is COC(=O)C1CCC(n2cc(-c3cc(C)cc(Nc4cc(C(F)(F)F)ccn4)n3)nn2)c2ccccc21. The van der Waals surface area contributed by atoms with Crippen LogP contribution in [0.25, 0.3) is 11.4 Å². The van der Waals surface area contributed by atoms with Crippen LogP contribution in [-0.2, 0) is 15.7 Å². The molecule has 1 aliphatic rings. The highest BCUT2D eigenvalue weighted by atomic mass is 19.4. The molecule has 1 aromatic carbocycles. The highest BCUT2D eigenvalue weighted by Crippen LogP contribution is 2.40. The quantitative estimate of drug-likeness (QED) is 0.359. The number of aryl methyl sites for hydroxylation is 1. The normalized spacial score (nSPS) is 17.2. The summed E-state index contributed by atoms with van der Waals surface area (Å²) in [6, 6.07) is 13.0. The third-order valence-corrected chi connectivity index (χ3v) is 6.35. The van der Waals surface area contributed by atoms with Gasteiger partial charge >= 0.3 is 12.1 Å². The first-order valence-corrected chi connectivity index (χ1v) is 11.6. The summed E-state index contributed by atoms with van der Waals surface area (Å²) >= 11 is 0. The molecule has 2 unspecified atom stereocenters. The number of fused-ring (bicyclic) bond motifs is 1. The van der Waals surface area contributed by atoms with Crippen molar-refractivity contribution in [2.75, 3.05) is 12.4 Å². The summed E-state index contributed by atoms with van der Waals surface area (Å²) < 4.78 is 46.0. The Kier molecular flexibility index (Phi) is 6.36. The van der Waals surface area contributed by atoms with Crippen molar-refractivity contribution >= 4 is 17.6 Å². The number of aromatic nitrogens is 5. The van der Waals surface area contributed by atoms with Crippen LogP contribution in [0.3, 0.4) is 0 Å². The number of methoxy groups -OCH3 is 1. The fourth-order valence-corrected chi connectivity index (χ4v) is 4.64. The molecule has 0 radical (unpaired) electrons. The number of pyridine rings is 2. The predicted molar refractivity (Wildman–Crippen MR) is 129 cm³/mol. The Morgan fingerprint density at radius 1 is 1.05 bits per heavy atom. The summed E-state index contributed by atoms with van der Waals surface area (Å²) in [7, 11) is 1.39. The van der Waals surface area contributed by atoms with Crippen LogP contribution in [-0.4, -0.2) is 38.0 Å². The summed E-state index contributed by atoms with van der Waals surface area (Å²) in [6.07, 6.45) is -0.301. The third kappa shape index (κ3) is 5.02. The first-order chi connectivity index (χ1) is 17.7. The Morgan fingerprint density at radius 2 is 1.84 bits per heavy atom. The topological polar surface area (TPSA) is 94.8 Å². The van der Waals surface area contributed by atoms with E-state index in [2.05, 4.69) is 25.6 Å². The second-order valence-electron chi connectivity index (χ2n) is 8.85. The second kappa shape index (κ2) is 9.64. The Bertz CT molecular complexity index is 1450. The molecule has 8 nitrogen and oxygen atoms in total. The number of nitrogens with one attached hydrogen (secondary N) is 1. The minimum Gasteiger partial charge on any atom is -0.469 e. The van der Waals surface area contributed by atoms with E-state index in [0.29, 0.717) is 30.0 Å². The average molecular weight is 509 g/mol. The molecule has 0 saturated carbocycles. The summed E-state index contributed by atoms with van der Waals surface area (Å²) in [5, 5.41) is 11.5. The van der Waals surface area contributed by atoms with Crippen LogP contribution >= 0.6 is 0 Å². The van der Waals surface area contributed by atoms with E-state index in [-0.39, 0.29) is 23.7 Å². The van der Waals surface area contributed by atoms with E-state index in [4.69, 9.17) is 4.74 Å². The number of rotatable bonds is 5. The van der Waals surface area contributed by atoms with Crippen LogP contribution in [0.15, 0.2) is 60.9 Å². The lowest BCUT2D eigenvalue weighted by atomic mass is 9.80. The largest absolute Gasteiger partial charge is 0.469 e. The molecule has 1 aliphatic carbocycles. The number of carbonyl (C=O) groups excluding carboxylic acids is 1. The number of alkyl halides is 3. The minimum absolute atomic E-state index is 0.0292. The fourth-order valence-electron chi connectivity index (χ4n) is 4.64. The first kappa shape index (κ1) is 24.4. The number of anilines is 2. The highest BCUT2D eigenvalue weighted by Gasteiger charge is 2.33. The Balaban J connectivity index is 1.42. The molecule has 1 N–H and O–H groups in total. The van der Waals surface area contributed by atoms with Gasteiger partial charge < -0.3 is 10.1 Å². The van der Waals surface area contributed by atoms with Gasteiger partial charge in [-0.25, -0.2) is 14.6 Å². The van der Waals surface area contributed by atoms with Crippen LogP contribution in [0.2, 0.25) is 0 Å². The molecule has 0 aliphatic heterocycles. The molecule has 5 rings (SSSR count). The van der Waals surface area contributed by atoms with Crippen LogP contribution in [0.1, 0.15) is 47.1 Å². The van der Waals surface area contributed by atoms with Crippen molar-refractivity contribution < 1.29 is 22.7 Å². The molecule has 0 spiro atoms. The minimum atomic E-state index is -4.47. The zero-order chi connectivity index (χ0) is 26.2. The van der Waals surface area contributed by atoms with E-state index in [1.54, 1.807) is 16.9 Å². The zero-order valence-corrected chi connectivity index (χ0v) is 20.0. The maximum absolute atomic E-state index is 13.1. The number of halogens is 3. The van der Waals surface area contributed by atoms with Crippen molar-refractivity contribution in [1.82, 2.24) is 25.0 Å². The number of ether oxygens (including phenoxy) is 1. The van der Waals surface area contributed by atoms with Crippen LogP contribution in [0.4, 0.5) is 24.8 Å². The van der Waals surface area contributed by atoms with Gasteiger partial charge in [-0.2, -0.15) is 13.2 Å². The Labute approximate surface area is 210 Å². The first-order valence-electron chi connectivity index (χ1n) is 11.6. The molecule has 3 aromatic heterocycles. The van der Waals surface area contributed by atoms with Gasteiger partial charge in [-0.15, -0.1) is 5.10 Å². The number of carbonyl (C=O) groups is 1. The molecule has 0 saturated heterocycles. The van der Waals surface area contributed by atoms with Gasteiger partial charge in [0.2, 0.25) is 0 Å². The van der Waals surface area contributed by atoms with Crippen molar-refractivity contribution in [1.29, 1.82) is 0 Å². The molecule has 2 atom stereocenters. The lowest BCUT2D eigenvalue weighted by Gasteiger charge is -2.30. The Morgan fingerprint density at radius 3 is 2.59 bits per heavy atom. The lowest BCUT2D eigenvalue weighted by molar-refractivity contribution is -0.143. The van der Waals surface area contributed by atoms with E-state index in [0.717, 1.165) is 35.0 Å². The van der Waals surface area contributed by atoms with Crippen molar-refractivity contribution in [3.05, 3.63) is 83.2 Å². The molecular weight excluding hydrogens is 485 g/mol. The monoisotopic (exact) mass is 508 g/mol. The van der Waals surface area contributed by atoms with Gasteiger partial charge in [-0.1, -0.05) is 29.5 Å². The van der Waals surface area contributed by atoms with Crippen LogP contribution in [0.5, 0.6) is 0 Å². The average Bonchev–Trinajstić information content (AvgIpc) is 3.37. The van der Waals surface area contributed by atoms with Gasteiger partial charge in [0.1, 0.15) is 17.3 Å². The fraction of sp³-hybridized carbons (Fsp3) is 0.269. The summed E-state index contributed by atoms with van der Waals surface area (Å²) in [5.41, 5.74) is 2.95. The van der Waals surface area contributed by atoms with Crippen LogP contribution < -0.4 is 5.32 Å². The van der Waals surface area contributed by atoms with Crippen LogP contribution in [0, 0.1) is 6.92 Å². The molecular formula is C26H23F3N6O2. The molecule has 0 bridgehead atoms. The summed E-state index contributed by atoms with van der Waals surface area (Å²) in [6.45, 7) is 1.85. The number of benzene rings is 1. The second-order valence-corrected chi connectivity index (χ2v) is 8.85. The van der Waals surface area contributed by atoms with Gasteiger partial charge in [0.25, 0.3) is 0 Å². The number of hydrogen-bond acceptors (Lipinski definition) is 7. The molecule has 37 heavy (non-hydrogen) atoms. The molecule has 0 amide bonds. The van der Waals surface area contributed by atoms with Crippen molar-refractivity contribution in [2.45, 2.75) is 37.9 Å². The number of nitrogens with zero attached hydrogens (tertiary/aromatic N) is 5. The summed E-state index contributed by atoms with van der Waals surface area (Å²) in [5.74, 6) is -0.219. The third-order valence-electron chi connectivity index (χ3n) is 6.35. The van der Waals surface area contributed by atoms with Gasteiger partial charge in [-0.05, 0) is 60.7 Å². The van der Waals surface area contributed by atoms with Crippen molar-refractivity contribution in [3.63, 3.8) is 0 Å². The highest BCUT2D eigenvalue weighted by molar-refractivity contribution is 5.79. The smallest absolute Gasteiger partial charge is 0.416 e. The van der Waals surface area contributed by atoms with Gasteiger partial charge in [0.05, 0.1) is 36.5 Å². The Hall–Kier alpha value is -4.28. The standard InChI is InChI=1S/C26H23F3N6O2/c1-15-11-20(31-24(12-15)32-23-13-16(9-10-30-23)26(27,28)29)21-14-35(34-33-21)22-8-7-19(25(36)37-2)17-5-3-4-6-18(17)22/h3-6,9-14,19,22H,7-8H2,1-2H3,(H,30,31,32). The molecule has 190 valence electrons. The summed E-state index contributed by atoms with van der Waals surface area (Å²) in [4.78, 5) is 20.8. The molecule has 0 fully saturated rings. The van der Waals surface area contributed by atoms with E-state index >= 15 is 0 Å². The van der Waals surface area contributed by atoms with E-state index in [9.17, 15) is 18.0 Å². The van der Waals surface area contributed by atoms with Crippen molar-refractivity contribution in [3.8, 4) is 11.4 Å². The molecule has 4 aromatic rings. The predicted octanol–water partition coefficient (Wildman–Crippen LogP) is 5.45. The van der Waals surface area contributed by atoms with Gasteiger partial charge in [0, 0.05) is 6.20 Å². The van der Waals surface area contributed by atoms with Gasteiger partial charge in [-0.3, -0.25) is 4.79 Å². The lowest BCUT2D eigenvalue weighted by Crippen LogP contribution is -2.25.